The van der Waals surface area contributed by atoms with E-state index < -0.39 is 0 Å². The first-order valence-corrected chi connectivity index (χ1v) is 6.20. The lowest BCUT2D eigenvalue weighted by molar-refractivity contribution is 0.0954. The first kappa shape index (κ1) is 13.3. The number of nitrogens with one attached hydrogen (secondary N) is 2. The number of hydrogen-bond donors (Lipinski definition) is 3. The topological polar surface area (TPSA) is 83.8 Å². The number of aryl methyl sites for hydroxylation is 1. The average molecular weight is 258 g/mol. The maximum atomic E-state index is 11.8. The maximum absolute atomic E-state index is 11.8. The second-order valence-corrected chi connectivity index (χ2v) is 4.82. The standard InChI is InChI=1S/C14H18N4O/c1-8(2)10-4-6-11(7-5-10)13-12(14(19)16-15)9(3)17-18-13/h4-8H,15H2,1-3H3,(H,16,19)(H,17,18). The van der Waals surface area contributed by atoms with E-state index in [0.29, 0.717) is 22.9 Å². The number of carbonyl (C=O) groups is 1. The van der Waals surface area contributed by atoms with Gasteiger partial charge in [0.1, 0.15) is 5.69 Å². The monoisotopic (exact) mass is 258 g/mol. The van der Waals surface area contributed by atoms with Crippen molar-refractivity contribution in [3.8, 4) is 11.3 Å². The summed E-state index contributed by atoms with van der Waals surface area (Å²) >= 11 is 0. The van der Waals surface area contributed by atoms with Gasteiger partial charge in [-0.1, -0.05) is 38.1 Å². The first-order valence-electron chi connectivity index (χ1n) is 6.20. The van der Waals surface area contributed by atoms with Crippen molar-refractivity contribution in [3.63, 3.8) is 0 Å². The Balaban J connectivity index is 2.45. The molecule has 2 aromatic rings. The number of rotatable bonds is 3. The lowest BCUT2D eigenvalue weighted by Crippen LogP contribution is -2.30. The molecule has 0 saturated carbocycles. The van der Waals surface area contributed by atoms with Crippen LogP contribution in [0.25, 0.3) is 11.3 Å². The van der Waals surface area contributed by atoms with Crippen molar-refractivity contribution in [2.45, 2.75) is 26.7 Å². The van der Waals surface area contributed by atoms with Gasteiger partial charge in [-0.2, -0.15) is 5.10 Å². The molecule has 1 aromatic carbocycles. The number of nitrogens with two attached hydrogens (primary N) is 1. The molecule has 0 saturated heterocycles. The lowest BCUT2D eigenvalue weighted by atomic mass is 9.99. The smallest absolute Gasteiger partial charge is 0.269 e. The summed E-state index contributed by atoms with van der Waals surface area (Å²) in [6.45, 7) is 6.07. The molecule has 1 heterocycles. The second kappa shape index (κ2) is 5.24. The zero-order valence-electron chi connectivity index (χ0n) is 11.3. The largest absolute Gasteiger partial charge is 0.290 e. The number of H-pyrrole nitrogens is 1. The highest BCUT2D eigenvalue weighted by molar-refractivity contribution is 6.00. The Hall–Kier alpha value is -2.14. The van der Waals surface area contributed by atoms with Gasteiger partial charge in [0, 0.05) is 11.3 Å². The Labute approximate surface area is 112 Å². The fourth-order valence-corrected chi connectivity index (χ4v) is 2.01. The molecule has 1 amide bonds. The molecule has 0 unspecified atom stereocenters. The van der Waals surface area contributed by atoms with Gasteiger partial charge in [0.2, 0.25) is 0 Å². The summed E-state index contributed by atoms with van der Waals surface area (Å²) in [6, 6.07) is 8.04. The highest BCUT2D eigenvalue weighted by Gasteiger charge is 2.18. The molecule has 0 radical (unpaired) electrons. The predicted octanol–water partition coefficient (Wildman–Crippen LogP) is 2.11. The van der Waals surface area contributed by atoms with Gasteiger partial charge in [0.25, 0.3) is 5.91 Å². The normalized spacial score (nSPS) is 10.8. The van der Waals surface area contributed by atoms with Crippen molar-refractivity contribution < 1.29 is 4.79 Å². The number of carbonyl (C=O) groups excluding carboxylic acids is 1. The molecule has 0 fully saturated rings. The van der Waals surface area contributed by atoms with Crippen LogP contribution in [0.5, 0.6) is 0 Å². The number of hydrazine groups is 1. The van der Waals surface area contributed by atoms with E-state index in [1.807, 2.05) is 24.3 Å². The molecular weight excluding hydrogens is 240 g/mol. The van der Waals surface area contributed by atoms with Crippen molar-refractivity contribution in [3.05, 3.63) is 41.1 Å². The predicted molar refractivity (Wildman–Crippen MR) is 74.5 cm³/mol. The molecule has 0 spiro atoms. The highest BCUT2D eigenvalue weighted by Crippen LogP contribution is 2.25. The van der Waals surface area contributed by atoms with Gasteiger partial charge in [0.15, 0.2) is 0 Å². The van der Waals surface area contributed by atoms with Crippen molar-refractivity contribution in [1.82, 2.24) is 15.6 Å². The van der Waals surface area contributed by atoms with Crippen molar-refractivity contribution in [2.75, 3.05) is 0 Å². The summed E-state index contributed by atoms with van der Waals surface area (Å²) in [7, 11) is 0. The number of nitrogen functional groups attached to an aromatic ring is 1. The number of aromatic amines is 1. The summed E-state index contributed by atoms with van der Waals surface area (Å²) < 4.78 is 0. The summed E-state index contributed by atoms with van der Waals surface area (Å²) in [6.07, 6.45) is 0. The van der Waals surface area contributed by atoms with Gasteiger partial charge in [-0.15, -0.1) is 0 Å². The summed E-state index contributed by atoms with van der Waals surface area (Å²) in [5.74, 6) is 5.34. The van der Waals surface area contributed by atoms with Gasteiger partial charge in [-0.25, -0.2) is 5.84 Å². The van der Waals surface area contributed by atoms with Crippen LogP contribution in [0.4, 0.5) is 0 Å². The van der Waals surface area contributed by atoms with Crippen LogP contribution < -0.4 is 11.3 Å². The molecule has 0 aliphatic carbocycles. The van der Waals surface area contributed by atoms with E-state index in [2.05, 4.69) is 29.5 Å². The van der Waals surface area contributed by atoms with Crippen LogP contribution in [0.15, 0.2) is 24.3 Å². The van der Waals surface area contributed by atoms with Crippen LogP contribution in [-0.4, -0.2) is 16.1 Å². The van der Waals surface area contributed by atoms with E-state index in [0.717, 1.165) is 5.56 Å². The van der Waals surface area contributed by atoms with Gasteiger partial charge in [-0.3, -0.25) is 15.3 Å². The van der Waals surface area contributed by atoms with Crippen LogP contribution in [0.1, 0.15) is 41.4 Å². The SMILES string of the molecule is Cc1[nH]nc(-c2ccc(C(C)C)cc2)c1C(=O)NN. The van der Waals surface area contributed by atoms with Crippen LogP contribution >= 0.6 is 0 Å². The summed E-state index contributed by atoms with van der Waals surface area (Å²) in [5.41, 5.74) is 6.10. The number of amides is 1. The van der Waals surface area contributed by atoms with Gasteiger partial charge in [-0.05, 0) is 18.4 Å². The number of hydrogen-bond acceptors (Lipinski definition) is 3. The van der Waals surface area contributed by atoms with Crippen LogP contribution in [0.2, 0.25) is 0 Å². The molecule has 4 N–H and O–H groups in total. The minimum absolute atomic E-state index is 0.339. The number of nitrogens with zero attached hydrogens (tertiary/aromatic N) is 1. The Morgan fingerprint density at radius 2 is 1.95 bits per heavy atom. The minimum Gasteiger partial charge on any atom is -0.290 e. The summed E-state index contributed by atoms with van der Waals surface area (Å²) in [4.78, 5) is 11.8. The fourth-order valence-electron chi connectivity index (χ4n) is 2.01. The zero-order valence-corrected chi connectivity index (χ0v) is 11.3. The van der Waals surface area contributed by atoms with E-state index in [-0.39, 0.29) is 5.91 Å². The van der Waals surface area contributed by atoms with E-state index >= 15 is 0 Å². The number of aromatic nitrogens is 2. The molecule has 0 aliphatic heterocycles. The molecular formula is C14H18N4O. The lowest BCUT2D eigenvalue weighted by Gasteiger charge is -2.07. The molecule has 5 heteroatoms. The fraction of sp³-hybridized carbons (Fsp3) is 0.286. The maximum Gasteiger partial charge on any atom is 0.269 e. The third-order valence-corrected chi connectivity index (χ3v) is 3.16. The quantitative estimate of drug-likeness (QED) is 0.448. The Morgan fingerprint density at radius 1 is 1.32 bits per heavy atom. The van der Waals surface area contributed by atoms with Crippen molar-refractivity contribution >= 4 is 5.91 Å². The van der Waals surface area contributed by atoms with Gasteiger partial charge >= 0.3 is 0 Å². The minimum atomic E-state index is -0.339. The third kappa shape index (κ3) is 2.51. The molecule has 0 atom stereocenters. The molecule has 0 bridgehead atoms. The van der Waals surface area contributed by atoms with E-state index in [1.54, 1.807) is 6.92 Å². The van der Waals surface area contributed by atoms with E-state index in [4.69, 9.17) is 5.84 Å². The zero-order chi connectivity index (χ0) is 14.0. The van der Waals surface area contributed by atoms with Crippen molar-refractivity contribution in [1.29, 1.82) is 0 Å². The first-order chi connectivity index (χ1) is 9.04. The van der Waals surface area contributed by atoms with Crippen LogP contribution in [0.3, 0.4) is 0 Å². The number of benzene rings is 1. The Kier molecular flexibility index (Phi) is 3.66. The van der Waals surface area contributed by atoms with E-state index in [1.165, 1.54) is 5.56 Å². The van der Waals surface area contributed by atoms with Crippen molar-refractivity contribution in [2.24, 2.45) is 5.84 Å². The second-order valence-electron chi connectivity index (χ2n) is 4.82. The van der Waals surface area contributed by atoms with Crippen LogP contribution in [-0.2, 0) is 0 Å². The third-order valence-electron chi connectivity index (χ3n) is 3.16. The molecule has 100 valence electrons. The van der Waals surface area contributed by atoms with Gasteiger partial charge < -0.3 is 0 Å². The molecule has 2 rings (SSSR count). The van der Waals surface area contributed by atoms with E-state index in [9.17, 15) is 4.79 Å². The average Bonchev–Trinajstić information content (AvgIpc) is 2.80. The molecule has 0 aliphatic rings. The van der Waals surface area contributed by atoms with Gasteiger partial charge in [0.05, 0.1) is 5.56 Å². The summed E-state index contributed by atoms with van der Waals surface area (Å²) in [5, 5.41) is 7.01. The highest BCUT2D eigenvalue weighted by atomic mass is 16.2. The molecule has 19 heavy (non-hydrogen) atoms. The Bertz CT molecular complexity index is 584. The van der Waals surface area contributed by atoms with Crippen LogP contribution in [0, 0.1) is 6.92 Å². The molecule has 5 nitrogen and oxygen atoms in total. The molecule has 1 aromatic heterocycles. The Morgan fingerprint density at radius 3 is 2.47 bits per heavy atom.